The number of alkyl halides is 2. The van der Waals surface area contributed by atoms with E-state index in [4.69, 9.17) is 10.7 Å². The Morgan fingerprint density at radius 3 is 2.45 bits per heavy atom. The predicted octanol–water partition coefficient (Wildman–Crippen LogP) is 2.85. The van der Waals surface area contributed by atoms with Crippen molar-refractivity contribution in [3.63, 3.8) is 0 Å². The van der Waals surface area contributed by atoms with Crippen molar-refractivity contribution < 1.29 is 26.4 Å². The molecule has 112 valence electrons. The molecule has 0 heterocycles. The number of rotatable bonds is 4. The number of halogens is 5. The molecule has 0 saturated heterocycles. The Balaban J connectivity index is 3.28. The van der Waals surface area contributed by atoms with E-state index in [2.05, 4.69) is 15.9 Å². The Morgan fingerprint density at radius 2 is 2.00 bits per heavy atom. The van der Waals surface area contributed by atoms with Gasteiger partial charge in [-0.05, 0) is 28.1 Å². The Bertz CT molecular complexity index is 639. The number of nitrogens with zero attached hydrogens (tertiary/aromatic N) is 1. The second-order valence-corrected chi connectivity index (χ2v) is 7.11. The maximum atomic E-state index is 13.6. The molecule has 10 heteroatoms. The van der Waals surface area contributed by atoms with Gasteiger partial charge in [-0.2, -0.15) is 0 Å². The summed E-state index contributed by atoms with van der Waals surface area (Å²) in [5, 5.41) is 0. The number of benzene rings is 1. The fraction of sp³-hybridized carbons (Fsp3) is 0.300. The van der Waals surface area contributed by atoms with Crippen LogP contribution in [0.2, 0.25) is 0 Å². The van der Waals surface area contributed by atoms with Gasteiger partial charge in [-0.25, -0.2) is 21.6 Å². The molecule has 0 unspecified atom stereocenters. The van der Waals surface area contributed by atoms with Crippen LogP contribution < -0.4 is 0 Å². The van der Waals surface area contributed by atoms with Crippen LogP contribution in [-0.2, 0) is 9.05 Å². The Morgan fingerprint density at radius 1 is 1.45 bits per heavy atom. The van der Waals surface area contributed by atoms with E-state index in [1.807, 2.05) is 0 Å². The van der Waals surface area contributed by atoms with E-state index in [1.54, 1.807) is 0 Å². The summed E-state index contributed by atoms with van der Waals surface area (Å²) in [5.41, 5.74) is -0.395. The summed E-state index contributed by atoms with van der Waals surface area (Å²) in [6, 6.07) is 1.56. The van der Waals surface area contributed by atoms with E-state index in [-0.39, 0.29) is 0 Å². The molecule has 1 amide bonds. The molecule has 0 bridgehead atoms. The maximum absolute atomic E-state index is 13.6. The van der Waals surface area contributed by atoms with E-state index in [1.165, 1.54) is 0 Å². The van der Waals surface area contributed by atoms with E-state index in [0.717, 1.165) is 19.2 Å². The van der Waals surface area contributed by atoms with Gasteiger partial charge in [0, 0.05) is 23.3 Å². The molecular weight excluding hydrogens is 387 g/mol. The topological polar surface area (TPSA) is 54.5 Å². The molecule has 0 aliphatic rings. The number of carbonyl (C=O) groups is 1. The molecule has 0 N–H and O–H groups in total. The quantitative estimate of drug-likeness (QED) is 0.738. The van der Waals surface area contributed by atoms with Crippen LogP contribution in [-0.4, -0.2) is 39.2 Å². The lowest BCUT2D eigenvalue weighted by Gasteiger charge is -2.17. The molecule has 0 atom stereocenters. The molecule has 20 heavy (non-hydrogen) atoms. The fourth-order valence-electron chi connectivity index (χ4n) is 1.38. The standard InChI is InChI=1S/C10H8BrClF3NO3S/c1-16(4-8(14)15)10(17)5-2-6(13)9(11)7(3-5)20(12,18)19/h2-3,8H,4H2,1H3. The zero-order valence-corrected chi connectivity index (χ0v) is 13.1. The Kier molecular flexibility index (Phi) is 5.45. The van der Waals surface area contributed by atoms with Crippen molar-refractivity contribution in [1.29, 1.82) is 0 Å². The zero-order valence-electron chi connectivity index (χ0n) is 9.91. The lowest BCUT2D eigenvalue weighted by Crippen LogP contribution is -2.31. The fourth-order valence-corrected chi connectivity index (χ4v) is 3.47. The monoisotopic (exact) mass is 393 g/mol. The molecule has 0 aliphatic heterocycles. The molecular formula is C10H8BrClF3NO3S. The van der Waals surface area contributed by atoms with Gasteiger partial charge in [-0.1, -0.05) is 0 Å². The van der Waals surface area contributed by atoms with Crippen LogP contribution >= 0.6 is 26.6 Å². The summed E-state index contributed by atoms with van der Waals surface area (Å²) in [7, 11) is 1.90. The van der Waals surface area contributed by atoms with Crippen molar-refractivity contribution in [1.82, 2.24) is 4.90 Å². The lowest BCUT2D eigenvalue weighted by atomic mass is 10.2. The lowest BCUT2D eigenvalue weighted by molar-refractivity contribution is 0.0619. The van der Waals surface area contributed by atoms with Gasteiger partial charge in [0.15, 0.2) is 0 Å². The molecule has 1 aromatic carbocycles. The minimum Gasteiger partial charge on any atom is -0.336 e. The average molecular weight is 395 g/mol. The first-order valence-electron chi connectivity index (χ1n) is 5.01. The normalized spacial score (nSPS) is 11.8. The van der Waals surface area contributed by atoms with Gasteiger partial charge in [-0.15, -0.1) is 0 Å². The van der Waals surface area contributed by atoms with Crippen molar-refractivity contribution in [3.8, 4) is 0 Å². The molecule has 0 radical (unpaired) electrons. The van der Waals surface area contributed by atoms with E-state index in [0.29, 0.717) is 4.90 Å². The molecule has 0 spiro atoms. The first-order chi connectivity index (χ1) is 9.04. The van der Waals surface area contributed by atoms with Crippen LogP contribution in [0, 0.1) is 5.82 Å². The number of hydrogen-bond acceptors (Lipinski definition) is 3. The van der Waals surface area contributed by atoms with Gasteiger partial charge in [0.1, 0.15) is 10.7 Å². The number of amides is 1. The van der Waals surface area contributed by atoms with Crippen LogP contribution in [0.4, 0.5) is 13.2 Å². The van der Waals surface area contributed by atoms with Crippen LogP contribution in [0.25, 0.3) is 0 Å². The first-order valence-corrected chi connectivity index (χ1v) is 8.11. The average Bonchev–Trinajstić information content (AvgIpc) is 2.29. The van der Waals surface area contributed by atoms with Crippen molar-refractivity contribution in [2.75, 3.05) is 13.6 Å². The summed E-state index contributed by atoms with van der Waals surface area (Å²) in [5.74, 6) is -1.99. The van der Waals surface area contributed by atoms with E-state index in [9.17, 15) is 26.4 Å². The van der Waals surface area contributed by atoms with Crippen molar-refractivity contribution in [3.05, 3.63) is 28.0 Å². The first kappa shape index (κ1) is 17.3. The van der Waals surface area contributed by atoms with E-state index >= 15 is 0 Å². The summed E-state index contributed by atoms with van der Waals surface area (Å²) in [6.45, 7) is -0.862. The second kappa shape index (κ2) is 6.31. The Labute approximate surface area is 126 Å². The molecule has 1 rings (SSSR count). The van der Waals surface area contributed by atoms with Crippen LogP contribution in [0.1, 0.15) is 10.4 Å². The smallest absolute Gasteiger partial charge is 0.262 e. The van der Waals surface area contributed by atoms with E-state index < -0.39 is 48.7 Å². The van der Waals surface area contributed by atoms with Crippen LogP contribution in [0.15, 0.2) is 21.5 Å². The minimum absolute atomic E-state index is 0.395. The van der Waals surface area contributed by atoms with Crippen molar-refractivity contribution >= 4 is 41.6 Å². The molecule has 0 aliphatic carbocycles. The highest BCUT2D eigenvalue weighted by Gasteiger charge is 2.23. The SMILES string of the molecule is CN(CC(F)F)C(=O)c1cc(F)c(Br)c(S(=O)(=O)Cl)c1. The largest absolute Gasteiger partial charge is 0.336 e. The van der Waals surface area contributed by atoms with Gasteiger partial charge in [0.25, 0.3) is 21.4 Å². The third kappa shape index (κ3) is 4.10. The summed E-state index contributed by atoms with van der Waals surface area (Å²) < 4.78 is 60.0. The van der Waals surface area contributed by atoms with Crippen LogP contribution in [0.5, 0.6) is 0 Å². The van der Waals surface area contributed by atoms with Gasteiger partial charge in [0.2, 0.25) is 0 Å². The minimum atomic E-state index is -4.29. The third-order valence-corrected chi connectivity index (χ3v) is 4.68. The highest BCUT2D eigenvalue weighted by Crippen LogP contribution is 2.29. The molecule has 0 saturated carbocycles. The highest BCUT2D eigenvalue weighted by atomic mass is 79.9. The summed E-state index contributed by atoms with van der Waals surface area (Å²) in [6.07, 6.45) is -2.76. The summed E-state index contributed by atoms with van der Waals surface area (Å²) >= 11 is 2.69. The highest BCUT2D eigenvalue weighted by molar-refractivity contribution is 9.10. The molecule has 0 fully saturated rings. The van der Waals surface area contributed by atoms with Gasteiger partial charge >= 0.3 is 0 Å². The number of carbonyl (C=O) groups excluding carboxylic acids is 1. The van der Waals surface area contributed by atoms with Crippen molar-refractivity contribution in [2.24, 2.45) is 0 Å². The molecule has 4 nitrogen and oxygen atoms in total. The van der Waals surface area contributed by atoms with Gasteiger partial charge in [-0.3, -0.25) is 4.79 Å². The second-order valence-electron chi connectivity index (χ2n) is 3.78. The predicted molar refractivity (Wildman–Crippen MR) is 70.1 cm³/mol. The number of hydrogen-bond donors (Lipinski definition) is 0. The van der Waals surface area contributed by atoms with Crippen LogP contribution in [0.3, 0.4) is 0 Å². The Hall–Kier alpha value is -0.800. The third-order valence-electron chi connectivity index (χ3n) is 2.26. The molecule has 1 aromatic rings. The van der Waals surface area contributed by atoms with Crippen molar-refractivity contribution in [2.45, 2.75) is 11.3 Å². The van der Waals surface area contributed by atoms with Gasteiger partial charge < -0.3 is 4.90 Å². The summed E-state index contributed by atoms with van der Waals surface area (Å²) in [4.78, 5) is 11.8. The zero-order chi connectivity index (χ0) is 15.7. The maximum Gasteiger partial charge on any atom is 0.262 e. The van der Waals surface area contributed by atoms with Gasteiger partial charge in [0.05, 0.1) is 11.0 Å². The molecule has 0 aromatic heterocycles.